The minimum atomic E-state index is 0.235. The fraction of sp³-hybridized carbons (Fsp3) is 0.923. The highest BCUT2D eigenvalue weighted by Gasteiger charge is 2.33. The SMILES string of the molecule is CSC1(CN)CCN(CC(=O)N2CCOCC2)CC1. The minimum absolute atomic E-state index is 0.235. The number of amides is 1. The zero-order chi connectivity index (χ0) is 13.7. The molecule has 2 aliphatic heterocycles. The first-order chi connectivity index (χ1) is 9.19. The summed E-state index contributed by atoms with van der Waals surface area (Å²) in [6.07, 6.45) is 4.31. The van der Waals surface area contributed by atoms with Crippen LogP contribution in [0.25, 0.3) is 0 Å². The summed E-state index contributed by atoms with van der Waals surface area (Å²) in [6.45, 7) is 6.08. The van der Waals surface area contributed by atoms with Crippen molar-refractivity contribution in [2.45, 2.75) is 17.6 Å². The molecule has 2 fully saturated rings. The summed E-state index contributed by atoms with van der Waals surface area (Å²) in [4.78, 5) is 16.4. The molecule has 6 heteroatoms. The number of likely N-dealkylation sites (tertiary alicyclic amines) is 1. The van der Waals surface area contributed by atoms with Crippen LogP contribution in [0.2, 0.25) is 0 Å². The highest BCUT2D eigenvalue weighted by Crippen LogP contribution is 2.33. The van der Waals surface area contributed by atoms with Gasteiger partial charge < -0.3 is 15.4 Å². The maximum absolute atomic E-state index is 12.2. The van der Waals surface area contributed by atoms with E-state index in [2.05, 4.69) is 11.2 Å². The van der Waals surface area contributed by atoms with Crippen LogP contribution in [0.5, 0.6) is 0 Å². The molecule has 2 aliphatic rings. The van der Waals surface area contributed by atoms with Gasteiger partial charge in [-0.2, -0.15) is 11.8 Å². The monoisotopic (exact) mass is 287 g/mol. The van der Waals surface area contributed by atoms with Crippen molar-refractivity contribution in [2.75, 3.05) is 58.7 Å². The number of piperidine rings is 1. The summed E-state index contributed by atoms with van der Waals surface area (Å²) in [7, 11) is 0. The Morgan fingerprint density at radius 1 is 1.26 bits per heavy atom. The van der Waals surface area contributed by atoms with Crippen LogP contribution < -0.4 is 5.73 Å². The lowest BCUT2D eigenvalue weighted by Crippen LogP contribution is -2.51. The van der Waals surface area contributed by atoms with E-state index in [9.17, 15) is 4.79 Å². The predicted molar refractivity (Wildman–Crippen MR) is 78.4 cm³/mol. The highest BCUT2D eigenvalue weighted by atomic mass is 32.2. The molecule has 2 saturated heterocycles. The standard InChI is InChI=1S/C13H25N3O2S/c1-19-13(11-14)2-4-15(5-3-13)10-12(17)16-6-8-18-9-7-16/h2-11,14H2,1H3. The van der Waals surface area contributed by atoms with Crippen LogP contribution in [0.1, 0.15) is 12.8 Å². The first-order valence-corrected chi connectivity index (χ1v) is 8.25. The van der Waals surface area contributed by atoms with Crippen LogP contribution in [-0.2, 0) is 9.53 Å². The number of nitrogens with zero attached hydrogens (tertiary/aromatic N) is 2. The van der Waals surface area contributed by atoms with Crippen molar-refractivity contribution >= 4 is 17.7 Å². The number of ether oxygens (including phenoxy) is 1. The average molecular weight is 287 g/mol. The number of morpholine rings is 1. The maximum Gasteiger partial charge on any atom is 0.236 e. The van der Waals surface area contributed by atoms with E-state index in [1.165, 1.54) is 0 Å². The largest absolute Gasteiger partial charge is 0.378 e. The molecule has 110 valence electrons. The molecule has 0 radical (unpaired) electrons. The van der Waals surface area contributed by atoms with E-state index in [1.54, 1.807) is 0 Å². The second kappa shape index (κ2) is 6.92. The third kappa shape index (κ3) is 3.84. The first kappa shape index (κ1) is 15.1. The molecule has 0 aliphatic carbocycles. The van der Waals surface area contributed by atoms with E-state index < -0.39 is 0 Å². The van der Waals surface area contributed by atoms with Gasteiger partial charge in [0.2, 0.25) is 5.91 Å². The van der Waals surface area contributed by atoms with E-state index in [0.717, 1.165) is 45.6 Å². The average Bonchev–Trinajstić information content (AvgIpc) is 2.49. The van der Waals surface area contributed by atoms with Crippen molar-refractivity contribution in [1.82, 2.24) is 9.80 Å². The molecule has 2 heterocycles. The van der Waals surface area contributed by atoms with Crippen LogP contribution >= 0.6 is 11.8 Å². The van der Waals surface area contributed by atoms with Gasteiger partial charge in [-0.05, 0) is 19.1 Å². The third-order valence-corrected chi connectivity index (χ3v) is 5.74. The summed E-state index contributed by atoms with van der Waals surface area (Å²) in [5.74, 6) is 0.243. The smallest absolute Gasteiger partial charge is 0.236 e. The number of hydrogen-bond acceptors (Lipinski definition) is 5. The van der Waals surface area contributed by atoms with Gasteiger partial charge in [-0.3, -0.25) is 9.69 Å². The topological polar surface area (TPSA) is 58.8 Å². The molecule has 0 aromatic carbocycles. The summed E-state index contributed by atoms with van der Waals surface area (Å²) < 4.78 is 5.51. The van der Waals surface area contributed by atoms with E-state index in [0.29, 0.717) is 19.8 Å². The molecule has 2 rings (SSSR count). The Bertz CT molecular complexity index is 294. The van der Waals surface area contributed by atoms with E-state index in [4.69, 9.17) is 10.5 Å². The van der Waals surface area contributed by atoms with Gasteiger partial charge in [0, 0.05) is 37.5 Å². The van der Waals surface area contributed by atoms with Crippen molar-refractivity contribution in [1.29, 1.82) is 0 Å². The predicted octanol–water partition coefficient (Wildman–Crippen LogP) is 0.00150. The molecule has 0 saturated carbocycles. The van der Waals surface area contributed by atoms with Crippen molar-refractivity contribution < 1.29 is 9.53 Å². The Morgan fingerprint density at radius 2 is 1.89 bits per heavy atom. The second-order valence-corrected chi connectivity index (χ2v) is 6.63. The van der Waals surface area contributed by atoms with Gasteiger partial charge in [0.05, 0.1) is 19.8 Å². The molecule has 0 aromatic heterocycles. The molecule has 0 bridgehead atoms. The Hall–Kier alpha value is -0.300. The third-order valence-electron chi connectivity index (χ3n) is 4.29. The number of rotatable bonds is 4. The Labute approximate surface area is 119 Å². The lowest BCUT2D eigenvalue weighted by Gasteiger charge is -2.40. The fourth-order valence-corrected chi connectivity index (χ4v) is 3.47. The van der Waals surface area contributed by atoms with Crippen molar-refractivity contribution in [3.63, 3.8) is 0 Å². The summed E-state index contributed by atoms with van der Waals surface area (Å²) in [5, 5.41) is 0. The summed E-state index contributed by atoms with van der Waals surface area (Å²) >= 11 is 1.88. The zero-order valence-electron chi connectivity index (χ0n) is 11.8. The number of carbonyl (C=O) groups is 1. The molecule has 0 unspecified atom stereocenters. The van der Waals surface area contributed by atoms with Gasteiger partial charge in [-0.15, -0.1) is 0 Å². The van der Waals surface area contributed by atoms with Crippen LogP contribution in [0.3, 0.4) is 0 Å². The van der Waals surface area contributed by atoms with E-state index >= 15 is 0 Å². The summed E-state index contributed by atoms with van der Waals surface area (Å²) in [5.41, 5.74) is 5.88. The van der Waals surface area contributed by atoms with Gasteiger partial charge in [0.25, 0.3) is 0 Å². The zero-order valence-corrected chi connectivity index (χ0v) is 12.6. The number of hydrogen-bond donors (Lipinski definition) is 1. The quantitative estimate of drug-likeness (QED) is 0.789. The van der Waals surface area contributed by atoms with Crippen LogP contribution in [0.4, 0.5) is 0 Å². The van der Waals surface area contributed by atoms with Crippen LogP contribution in [0, 0.1) is 0 Å². The highest BCUT2D eigenvalue weighted by molar-refractivity contribution is 8.00. The van der Waals surface area contributed by atoms with Gasteiger partial charge in [-0.1, -0.05) is 0 Å². The molecule has 1 amide bonds. The van der Waals surface area contributed by atoms with Gasteiger partial charge >= 0.3 is 0 Å². The molecular weight excluding hydrogens is 262 g/mol. The van der Waals surface area contributed by atoms with Crippen LogP contribution in [0.15, 0.2) is 0 Å². The Balaban J connectivity index is 1.77. The van der Waals surface area contributed by atoms with Crippen molar-refractivity contribution in [2.24, 2.45) is 5.73 Å². The Kier molecular flexibility index (Phi) is 5.50. The fourth-order valence-electron chi connectivity index (χ4n) is 2.71. The van der Waals surface area contributed by atoms with Crippen molar-refractivity contribution in [3.8, 4) is 0 Å². The summed E-state index contributed by atoms with van der Waals surface area (Å²) in [6, 6.07) is 0. The van der Waals surface area contributed by atoms with Crippen molar-refractivity contribution in [3.05, 3.63) is 0 Å². The first-order valence-electron chi connectivity index (χ1n) is 7.02. The second-order valence-electron chi connectivity index (χ2n) is 5.36. The van der Waals surface area contributed by atoms with E-state index in [1.807, 2.05) is 16.7 Å². The van der Waals surface area contributed by atoms with Gasteiger partial charge in [-0.25, -0.2) is 0 Å². The van der Waals surface area contributed by atoms with Crippen LogP contribution in [-0.4, -0.2) is 79.2 Å². The normalized spacial score (nSPS) is 24.4. The lowest BCUT2D eigenvalue weighted by atomic mass is 9.96. The van der Waals surface area contributed by atoms with Gasteiger partial charge in [0.1, 0.15) is 0 Å². The molecule has 0 aromatic rings. The van der Waals surface area contributed by atoms with Gasteiger partial charge in [0.15, 0.2) is 0 Å². The molecule has 5 nitrogen and oxygen atoms in total. The molecular formula is C13H25N3O2S. The number of carbonyl (C=O) groups excluding carboxylic acids is 1. The molecule has 2 N–H and O–H groups in total. The lowest BCUT2D eigenvalue weighted by molar-refractivity contribution is -0.136. The number of nitrogens with two attached hydrogens (primary N) is 1. The minimum Gasteiger partial charge on any atom is -0.378 e. The molecule has 0 atom stereocenters. The molecule has 0 spiro atoms. The Morgan fingerprint density at radius 3 is 2.42 bits per heavy atom. The molecule has 19 heavy (non-hydrogen) atoms. The number of thioether (sulfide) groups is 1. The maximum atomic E-state index is 12.2. The van der Waals surface area contributed by atoms with E-state index in [-0.39, 0.29) is 10.7 Å².